The Kier molecular flexibility index (Phi) is 7.11. The molecule has 2 nitrogen and oxygen atoms in total. The van der Waals surface area contributed by atoms with Crippen molar-refractivity contribution < 1.29 is 9.47 Å². The lowest BCUT2D eigenvalue weighted by Crippen LogP contribution is -2.26. The lowest BCUT2D eigenvalue weighted by Gasteiger charge is -2.20. The van der Waals surface area contributed by atoms with Crippen molar-refractivity contribution in [2.75, 3.05) is 14.2 Å². The average molecular weight is 171 g/mol. The van der Waals surface area contributed by atoms with E-state index in [1.54, 1.807) is 14.2 Å². The predicted octanol–water partition coefficient (Wildman–Crippen LogP) is 2.21. The molecule has 0 aliphatic rings. The number of hydrogen-bond donors (Lipinski definition) is 0. The number of methoxy groups -OCH3 is 2. The van der Waals surface area contributed by atoms with Crippen molar-refractivity contribution in [1.29, 1.82) is 0 Å². The van der Waals surface area contributed by atoms with Crippen LogP contribution in [0.2, 0.25) is 0 Å². The fraction of sp³-hybridized carbons (Fsp3) is 0.700. The van der Waals surface area contributed by atoms with Gasteiger partial charge in [-0.15, -0.1) is 6.58 Å². The Morgan fingerprint density at radius 3 is 2.42 bits per heavy atom. The molecule has 12 heavy (non-hydrogen) atoms. The van der Waals surface area contributed by atoms with Gasteiger partial charge in [-0.2, -0.15) is 0 Å². The van der Waals surface area contributed by atoms with Gasteiger partial charge in [0.25, 0.3) is 0 Å². The highest BCUT2D eigenvalue weighted by molar-refractivity contribution is 4.82. The molecule has 0 N–H and O–H groups in total. The summed E-state index contributed by atoms with van der Waals surface area (Å²) in [6, 6.07) is 0. The van der Waals surface area contributed by atoms with Crippen LogP contribution >= 0.6 is 0 Å². The van der Waals surface area contributed by atoms with Gasteiger partial charge in [-0.1, -0.05) is 6.08 Å². The molecule has 71 valence electrons. The maximum atomic E-state index is 5.26. The van der Waals surface area contributed by atoms with E-state index in [1.807, 2.05) is 13.0 Å². The topological polar surface area (TPSA) is 18.5 Å². The van der Waals surface area contributed by atoms with Gasteiger partial charge in [0.05, 0.1) is 12.2 Å². The van der Waals surface area contributed by atoms with Gasteiger partial charge in [-0.3, -0.25) is 0 Å². The third-order valence-electron chi connectivity index (χ3n) is 1.93. The normalized spacial score (nSPS) is 15.6. The number of hydrogen-bond acceptors (Lipinski definition) is 2. The van der Waals surface area contributed by atoms with Crippen molar-refractivity contribution in [3.8, 4) is 0 Å². The van der Waals surface area contributed by atoms with Crippen LogP contribution in [0.15, 0.2) is 12.7 Å². The largest absolute Gasteiger partial charge is 0.379 e. The van der Waals surface area contributed by atoms with Gasteiger partial charge >= 0.3 is 0 Å². The first kappa shape index (κ1) is 11.7. The van der Waals surface area contributed by atoms with Crippen LogP contribution in [0.1, 0.15) is 19.8 Å². The van der Waals surface area contributed by atoms with Gasteiger partial charge in [0, 0.05) is 14.2 Å². The summed E-state index contributed by atoms with van der Waals surface area (Å²) in [5, 5.41) is 0. The molecule has 0 aromatic rings. The zero-order valence-corrected chi connectivity index (χ0v) is 8.25. The lowest BCUT2D eigenvalue weighted by molar-refractivity contribution is -0.0259. The highest BCUT2D eigenvalue weighted by atomic mass is 16.5. The van der Waals surface area contributed by atoms with Crippen LogP contribution < -0.4 is 0 Å². The van der Waals surface area contributed by atoms with Crippen molar-refractivity contribution in [3.63, 3.8) is 0 Å². The predicted molar refractivity (Wildman–Crippen MR) is 51.0 cm³/mol. The Morgan fingerprint density at radius 1 is 1.33 bits per heavy atom. The van der Waals surface area contributed by atoms with Crippen LogP contribution in [-0.2, 0) is 9.47 Å². The Balaban J connectivity index is 3.58. The molecule has 0 bridgehead atoms. The summed E-state index contributed by atoms with van der Waals surface area (Å²) in [5.41, 5.74) is 0. The molecule has 0 heterocycles. The molecule has 0 fully saturated rings. The van der Waals surface area contributed by atoms with E-state index in [0.717, 1.165) is 12.8 Å². The summed E-state index contributed by atoms with van der Waals surface area (Å²) in [6.07, 6.45) is 6.18. The first-order valence-electron chi connectivity index (χ1n) is 4.24. The fourth-order valence-electron chi connectivity index (χ4n) is 1.01. The standard InChI is InChI=1S/C10H19O2/c1-5-6-7-8-10(12-4)9(2)11-3/h5,7,9-10H,1,6,8H2,2-4H3. The summed E-state index contributed by atoms with van der Waals surface area (Å²) in [7, 11) is 3.41. The van der Waals surface area contributed by atoms with Crippen LogP contribution in [0.5, 0.6) is 0 Å². The summed E-state index contributed by atoms with van der Waals surface area (Å²) < 4.78 is 10.4. The third kappa shape index (κ3) is 4.52. The summed E-state index contributed by atoms with van der Waals surface area (Å²) in [4.78, 5) is 0. The second-order valence-corrected chi connectivity index (χ2v) is 2.76. The number of allylic oxidation sites excluding steroid dienone is 1. The van der Waals surface area contributed by atoms with Gasteiger partial charge in [-0.05, 0) is 26.2 Å². The van der Waals surface area contributed by atoms with Crippen LogP contribution in [0, 0.1) is 6.42 Å². The molecule has 0 aliphatic heterocycles. The van der Waals surface area contributed by atoms with E-state index < -0.39 is 0 Å². The van der Waals surface area contributed by atoms with Gasteiger partial charge in [-0.25, -0.2) is 0 Å². The lowest BCUT2D eigenvalue weighted by atomic mass is 10.1. The van der Waals surface area contributed by atoms with Crippen molar-refractivity contribution in [1.82, 2.24) is 0 Å². The van der Waals surface area contributed by atoms with Gasteiger partial charge < -0.3 is 9.47 Å². The highest BCUT2D eigenvalue weighted by Gasteiger charge is 2.14. The Hall–Kier alpha value is -0.340. The third-order valence-corrected chi connectivity index (χ3v) is 1.93. The zero-order chi connectivity index (χ0) is 9.40. The fourth-order valence-corrected chi connectivity index (χ4v) is 1.01. The molecule has 0 amide bonds. The molecule has 0 aromatic carbocycles. The van der Waals surface area contributed by atoms with Crippen LogP contribution in [0.3, 0.4) is 0 Å². The van der Waals surface area contributed by atoms with Crippen LogP contribution in [-0.4, -0.2) is 26.4 Å². The number of unbranched alkanes of at least 4 members (excludes halogenated alkanes) is 1. The smallest absolute Gasteiger partial charge is 0.0832 e. The molecule has 2 atom stereocenters. The first-order chi connectivity index (χ1) is 5.76. The molecule has 2 heteroatoms. The Morgan fingerprint density at radius 2 is 2.00 bits per heavy atom. The average Bonchev–Trinajstić information content (AvgIpc) is 2.11. The maximum Gasteiger partial charge on any atom is 0.0832 e. The van der Waals surface area contributed by atoms with Crippen LogP contribution in [0.25, 0.3) is 0 Å². The quantitative estimate of drug-likeness (QED) is 0.432. The van der Waals surface area contributed by atoms with E-state index in [4.69, 9.17) is 9.47 Å². The molecular formula is C10H19O2. The molecular weight excluding hydrogens is 152 g/mol. The second-order valence-electron chi connectivity index (χ2n) is 2.76. The van der Waals surface area contributed by atoms with E-state index in [9.17, 15) is 0 Å². The van der Waals surface area contributed by atoms with Gasteiger partial charge in [0.1, 0.15) is 0 Å². The molecule has 1 radical (unpaired) electrons. The molecule has 2 unspecified atom stereocenters. The number of rotatable bonds is 7. The minimum absolute atomic E-state index is 0.149. The number of ether oxygens (including phenoxy) is 2. The van der Waals surface area contributed by atoms with Crippen molar-refractivity contribution >= 4 is 0 Å². The molecule has 0 aliphatic carbocycles. The van der Waals surface area contributed by atoms with E-state index >= 15 is 0 Å². The molecule has 0 aromatic heterocycles. The molecule has 0 saturated heterocycles. The van der Waals surface area contributed by atoms with E-state index in [-0.39, 0.29) is 12.2 Å². The van der Waals surface area contributed by atoms with E-state index in [1.165, 1.54) is 0 Å². The Bertz CT molecular complexity index is 112. The molecule has 0 spiro atoms. The minimum Gasteiger partial charge on any atom is -0.379 e. The summed E-state index contributed by atoms with van der Waals surface area (Å²) in [5.74, 6) is 0. The van der Waals surface area contributed by atoms with Crippen molar-refractivity contribution in [3.05, 3.63) is 19.1 Å². The SMILES string of the molecule is C=CC[CH]CC(OC)C(C)OC. The van der Waals surface area contributed by atoms with Gasteiger partial charge in [0.2, 0.25) is 0 Å². The monoisotopic (exact) mass is 171 g/mol. The van der Waals surface area contributed by atoms with Gasteiger partial charge in [0.15, 0.2) is 0 Å². The summed E-state index contributed by atoms with van der Waals surface area (Å²) in [6.45, 7) is 5.65. The van der Waals surface area contributed by atoms with E-state index in [0.29, 0.717) is 0 Å². The highest BCUT2D eigenvalue weighted by Crippen LogP contribution is 2.09. The van der Waals surface area contributed by atoms with Crippen molar-refractivity contribution in [2.24, 2.45) is 0 Å². The summed E-state index contributed by atoms with van der Waals surface area (Å²) >= 11 is 0. The first-order valence-corrected chi connectivity index (χ1v) is 4.24. The van der Waals surface area contributed by atoms with Crippen LogP contribution in [0.4, 0.5) is 0 Å². The second kappa shape index (κ2) is 7.32. The van der Waals surface area contributed by atoms with E-state index in [2.05, 4.69) is 13.0 Å². The zero-order valence-electron chi connectivity index (χ0n) is 8.25. The molecule has 0 rings (SSSR count). The maximum absolute atomic E-state index is 5.26. The molecule has 0 saturated carbocycles. The van der Waals surface area contributed by atoms with Crippen molar-refractivity contribution in [2.45, 2.75) is 32.0 Å². The minimum atomic E-state index is 0.149. The Labute approximate surface area is 75.6 Å².